The van der Waals surface area contributed by atoms with E-state index in [4.69, 9.17) is 5.10 Å². The molecule has 5 aromatic carbocycles. The quantitative estimate of drug-likeness (QED) is 0.211. The summed E-state index contributed by atoms with van der Waals surface area (Å²) in [5, 5.41) is 16.1. The standard InChI is InChI=1S/C34H23N3O3/c38-26-20-21-30-29(22-26)31(36-32(39)27-18-10-11-19-28(27)33(36)40)35-37(30)34(23-12-4-1-5-13-23,24-14-6-2-7-15-24)25-16-8-3-9-17-25/h1-22,38H. The van der Waals surface area contributed by atoms with Crippen molar-refractivity contribution in [3.63, 3.8) is 0 Å². The number of amides is 2. The molecule has 0 atom stereocenters. The van der Waals surface area contributed by atoms with Crippen molar-refractivity contribution in [1.82, 2.24) is 9.78 Å². The summed E-state index contributed by atoms with van der Waals surface area (Å²) in [5.74, 6) is -0.709. The van der Waals surface area contributed by atoms with Gasteiger partial charge < -0.3 is 5.11 Å². The third-order valence-corrected chi connectivity index (χ3v) is 7.54. The van der Waals surface area contributed by atoms with Crippen molar-refractivity contribution in [3.05, 3.63) is 161 Å². The molecule has 40 heavy (non-hydrogen) atoms. The van der Waals surface area contributed by atoms with Gasteiger partial charge in [0.2, 0.25) is 0 Å². The van der Waals surface area contributed by atoms with Gasteiger partial charge in [0, 0.05) is 5.39 Å². The van der Waals surface area contributed by atoms with Crippen LogP contribution in [0.4, 0.5) is 5.82 Å². The number of phenolic OH excluding ortho intramolecular Hbond substituents is 1. The van der Waals surface area contributed by atoms with Gasteiger partial charge in [0.1, 0.15) is 11.3 Å². The molecule has 0 unspecified atom stereocenters. The Bertz CT molecular complexity index is 1770. The lowest BCUT2D eigenvalue weighted by Crippen LogP contribution is -2.39. The number of imide groups is 1. The van der Waals surface area contributed by atoms with Crippen molar-refractivity contribution in [1.29, 1.82) is 0 Å². The van der Waals surface area contributed by atoms with Gasteiger partial charge in [-0.3, -0.25) is 9.59 Å². The molecule has 0 aliphatic carbocycles. The predicted molar refractivity (Wildman–Crippen MR) is 154 cm³/mol. The van der Waals surface area contributed by atoms with Gasteiger partial charge in [0.15, 0.2) is 5.82 Å². The number of fused-ring (bicyclic) bond motifs is 2. The fourth-order valence-corrected chi connectivity index (χ4v) is 5.80. The number of hydrogen-bond donors (Lipinski definition) is 1. The number of benzene rings is 5. The van der Waals surface area contributed by atoms with Gasteiger partial charge in [-0.05, 0) is 47.0 Å². The monoisotopic (exact) mass is 521 g/mol. The van der Waals surface area contributed by atoms with Gasteiger partial charge in [-0.2, -0.15) is 5.10 Å². The van der Waals surface area contributed by atoms with E-state index in [1.54, 1.807) is 42.5 Å². The number of aromatic nitrogens is 2. The molecule has 2 heterocycles. The van der Waals surface area contributed by atoms with Crippen LogP contribution in [0.2, 0.25) is 0 Å². The van der Waals surface area contributed by atoms with Gasteiger partial charge in [0.05, 0.1) is 16.6 Å². The molecule has 2 amide bonds. The second-order valence-corrected chi connectivity index (χ2v) is 9.74. The molecule has 6 nitrogen and oxygen atoms in total. The lowest BCUT2D eigenvalue weighted by atomic mass is 9.77. The minimum atomic E-state index is -0.976. The maximum atomic E-state index is 13.6. The highest BCUT2D eigenvalue weighted by Crippen LogP contribution is 2.45. The van der Waals surface area contributed by atoms with E-state index < -0.39 is 17.4 Å². The van der Waals surface area contributed by atoms with Crippen LogP contribution in [0.5, 0.6) is 5.75 Å². The Labute approximate surface area is 230 Å². The van der Waals surface area contributed by atoms with Crippen LogP contribution in [0.3, 0.4) is 0 Å². The number of anilines is 1. The predicted octanol–water partition coefficient (Wildman–Crippen LogP) is 6.38. The molecule has 1 aromatic heterocycles. The van der Waals surface area contributed by atoms with Crippen LogP contribution >= 0.6 is 0 Å². The summed E-state index contributed by atoms with van der Waals surface area (Å²) in [5.41, 5.74) is 3.17. The average molecular weight is 522 g/mol. The number of carbonyl (C=O) groups excluding carboxylic acids is 2. The van der Waals surface area contributed by atoms with Crippen molar-refractivity contribution in [2.45, 2.75) is 5.54 Å². The molecule has 0 saturated heterocycles. The first-order chi connectivity index (χ1) is 19.6. The van der Waals surface area contributed by atoms with E-state index in [9.17, 15) is 14.7 Å². The van der Waals surface area contributed by atoms with Gasteiger partial charge >= 0.3 is 0 Å². The van der Waals surface area contributed by atoms with Crippen molar-refractivity contribution in [3.8, 4) is 5.75 Å². The van der Waals surface area contributed by atoms with Gasteiger partial charge in [-0.1, -0.05) is 103 Å². The normalized spacial score (nSPS) is 13.2. The second kappa shape index (κ2) is 9.06. The van der Waals surface area contributed by atoms with E-state index in [1.165, 1.54) is 0 Å². The lowest BCUT2D eigenvalue weighted by molar-refractivity contribution is 0.0925. The first-order valence-electron chi connectivity index (χ1n) is 13.0. The molecular formula is C34H23N3O3. The van der Waals surface area contributed by atoms with Crippen LogP contribution in [0.25, 0.3) is 10.9 Å². The SMILES string of the molecule is O=C1c2ccccc2C(=O)N1c1nn(C(c2ccccc2)(c2ccccc2)c2ccccc2)c2ccc(O)cc12. The summed E-state index contributed by atoms with van der Waals surface area (Å²) in [4.78, 5) is 28.3. The van der Waals surface area contributed by atoms with Gasteiger partial charge in [-0.25, -0.2) is 9.58 Å². The molecule has 192 valence electrons. The summed E-state index contributed by atoms with van der Waals surface area (Å²) in [6, 6.07) is 41.8. The van der Waals surface area contributed by atoms with E-state index in [0.717, 1.165) is 21.6 Å². The first kappa shape index (κ1) is 23.6. The van der Waals surface area contributed by atoms with Crippen LogP contribution in [0.1, 0.15) is 37.4 Å². The number of hydrogen-bond acceptors (Lipinski definition) is 4. The summed E-state index contributed by atoms with van der Waals surface area (Å²) in [6.07, 6.45) is 0. The third kappa shape index (κ3) is 3.33. The molecular weight excluding hydrogens is 498 g/mol. The number of carbonyl (C=O) groups is 2. The fraction of sp³-hybridized carbons (Fsp3) is 0.0294. The van der Waals surface area contributed by atoms with Gasteiger partial charge in [0.25, 0.3) is 11.8 Å². The van der Waals surface area contributed by atoms with Crippen molar-refractivity contribution in [2.24, 2.45) is 0 Å². The van der Waals surface area contributed by atoms with E-state index in [2.05, 4.69) is 36.4 Å². The van der Waals surface area contributed by atoms with E-state index >= 15 is 0 Å². The molecule has 7 rings (SSSR count). The molecule has 6 aromatic rings. The molecule has 1 aliphatic rings. The Balaban J connectivity index is 1.60. The lowest BCUT2D eigenvalue weighted by Gasteiger charge is -2.37. The summed E-state index contributed by atoms with van der Waals surface area (Å²) < 4.78 is 1.88. The minimum Gasteiger partial charge on any atom is -0.508 e. The largest absolute Gasteiger partial charge is 0.508 e. The smallest absolute Gasteiger partial charge is 0.267 e. The Kier molecular flexibility index (Phi) is 5.35. The van der Waals surface area contributed by atoms with E-state index in [0.29, 0.717) is 22.0 Å². The minimum absolute atomic E-state index is 0.00893. The highest BCUT2D eigenvalue weighted by Gasteiger charge is 2.44. The van der Waals surface area contributed by atoms with Crippen molar-refractivity contribution >= 4 is 28.5 Å². The summed E-state index contributed by atoms with van der Waals surface area (Å²) in [7, 11) is 0. The van der Waals surface area contributed by atoms with Crippen molar-refractivity contribution < 1.29 is 14.7 Å². The van der Waals surface area contributed by atoms with Crippen LogP contribution in [-0.4, -0.2) is 26.7 Å². The van der Waals surface area contributed by atoms with E-state index in [1.807, 2.05) is 59.3 Å². The second-order valence-electron chi connectivity index (χ2n) is 9.74. The van der Waals surface area contributed by atoms with Gasteiger partial charge in [-0.15, -0.1) is 0 Å². The number of rotatable bonds is 5. The average Bonchev–Trinajstić information content (AvgIpc) is 3.49. The zero-order valence-electron chi connectivity index (χ0n) is 21.3. The van der Waals surface area contributed by atoms with Crippen LogP contribution in [0.15, 0.2) is 133 Å². The first-order valence-corrected chi connectivity index (χ1v) is 13.0. The maximum Gasteiger partial charge on any atom is 0.267 e. The Hall–Kier alpha value is -5.49. The van der Waals surface area contributed by atoms with Crippen LogP contribution in [0, 0.1) is 0 Å². The topological polar surface area (TPSA) is 75.4 Å². The molecule has 0 bridgehead atoms. The number of phenols is 1. The highest BCUT2D eigenvalue weighted by atomic mass is 16.3. The van der Waals surface area contributed by atoms with Crippen LogP contribution < -0.4 is 4.90 Å². The number of aromatic hydroxyl groups is 1. The Morgan fingerprint density at radius 3 is 1.50 bits per heavy atom. The highest BCUT2D eigenvalue weighted by molar-refractivity contribution is 6.35. The fourth-order valence-electron chi connectivity index (χ4n) is 5.80. The molecule has 6 heteroatoms. The third-order valence-electron chi connectivity index (χ3n) is 7.54. The summed E-state index contributed by atoms with van der Waals surface area (Å²) in [6.45, 7) is 0. The Morgan fingerprint density at radius 2 is 1.02 bits per heavy atom. The molecule has 0 fully saturated rings. The molecule has 1 aliphatic heterocycles. The van der Waals surface area contributed by atoms with Crippen LogP contribution in [-0.2, 0) is 5.54 Å². The van der Waals surface area contributed by atoms with E-state index in [-0.39, 0.29) is 11.6 Å². The maximum absolute atomic E-state index is 13.6. The zero-order chi connectivity index (χ0) is 27.3. The summed E-state index contributed by atoms with van der Waals surface area (Å²) >= 11 is 0. The molecule has 0 radical (unpaired) electrons. The molecule has 1 N–H and O–H groups in total. The molecule has 0 spiro atoms. The molecule has 0 saturated carbocycles. The van der Waals surface area contributed by atoms with Crippen molar-refractivity contribution in [2.75, 3.05) is 4.90 Å². The Morgan fingerprint density at radius 1 is 0.575 bits per heavy atom. The number of nitrogens with zero attached hydrogens (tertiary/aromatic N) is 3. The zero-order valence-corrected chi connectivity index (χ0v) is 21.3.